The van der Waals surface area contributed by atoms with Crippen LogP contribution in [0.25, 0.3) is 11.5 Å². The lowest BCUT2D eigenvalue weighted by Gasteiger charge is -2.07. The minimum Gasteiger partial charge on any atom is -0.484 e. The number of ether oxygens (including phenoxy) is 1. The van der Waals surface area contributed by atoms with Crippen LogP contribution in [0.4, 0.5) is 5.69 Å². The van der Waals surface area contributed by atoms with Crippen LogP contribution in [-0.2, 0) is 6.61 Å². The summed E-state index contributed by atoms with van der Waals surface area (Å²) in [4.78, 5) is 16.1. The molecule has 0 fully saturated rings. The largest absolute Gasteiger partial charge is 0.484 e. The van der Waals surface area contributed by atoms with Gasteiger partial charge >= 0.3 is 0 Å². The number of rotatable bonds is 6. The molecule has 4 rings (SSSR count). The zero-order valence-corrected chi connectivity index (χ0v) is 15.7. The van der Waals surface area contributed by atoms with Gasteiger partial charge in [0.25, 0.3) is 11.8 Å². The van der Waals surface area contributed by atoms with Gasteiger partial charge in [0, 0.05) is 17.4 Å². The van der Waals surface area contributed by atoms with E-state index in [9.17, 15) is 4.79 Å². The molecule has 0 saturated carbocycles. The summed E-state index contributed by atoms with van der Waals surface area (Å²) >= 11 is 0. The molecule has 4 aromatic rings. The Bertz CT molecular complexity index is 1110. The van der Waals surface area contributed by atoms with Crippen LogP contribution in [0.3, 0.4) is 0 Å². The summed E-state index contributed by atoms with van der Waals surface area (Å²) in [5.41, 5.74) is 2.97. The molecule has 0 spiro atoms. The highest BCUT2D eigenvalue weighted by molar-refractivity contribution is 6.02. The number of amides is 1. The van der Waals surface area contributed by atoms with E-state index in [1.165, 1.54) is 0 Å². The molecule has 0 unspecified atom stereocenters. The van der Waals surface area contributed by atoms with Gasteiger partial charge in [0.1, 0.15) is 11.4 Å². The van der Waals surface area contributed by atoms with Crippen LogP contribution >= 0.6 is 0 Å². The maximum atomic E-state index is 12.1. The van der Waals surface area contributed by atoms with E-state index in [2.05, 4.69) is 20.5 Å². The number of pyridine rings is 1. The van der Waals surface area contributed by atoms with Gasteiger partial charge in [-0.2, -0.15) is 0 Å². The van der Waals surface area contributed by atoms with Crippen LogP contribution in [0.15, 0.2) is 77.3 Å². The molecule has 7 nitrogen and oxygen atoms in total. The van der Waals surface area contributed by atoms with Crippen LogP contribution < -0.4 is 10.1 Å². The van der Waals surface area contributed by atoms with E-state index in [0.29, 0.717) is 28.9 Å². The number of nitrogens with zero attached hydrogens (tertiary/aromatic N) is 3. The van der Waals surface area contributed by atoms with Gasteiger partial charge in [-0.1, -0.05) is 24.3 Å². The number of hydrogen-bond acceptors (Lipinski definition) is 6. The molecule has 0 bridgehead atoms. The fraction of sp³-hybridized carbons (Fsp3) is 0.0909. The zero-order chi connectivity index (χ0) is 20.1. The van der Waals surface area contributed by atoms with Gasteiger partial charge in [-0.05, 0) is 55.0 Å². The van der Waals surface area contributed by atoms with Crippen LogP contribution in [0.5, 0.6) is 5.75 Å². The highest BCUT2D eigenvalue weighted by atomic mass is 16.5. The van der Waals surface area contributed by atoms with Crippen molar-refractivity contribution in [1.82, 2.24) is 15.2 Å². The molecular formula is C22H18N4O3. The normalized spacial score (nSPS) is 10.5. The van der Waals surface area contributed by atoms with Crippen LogP contribution in [0, 0.1) is 6.92 Å². The number of anilines is 1. The van der Waals surface area contributed by atoms with Crippen molar-refractivity contribution < 1.29 is 13.9 Å². The fourth-order valence-corrected chi connectivity index (χ4v) is 2.71. The van der Waals surface area contributed by atoms with E-state index in [0.717, 1.165) is 11.1 Å². The van der Waals surface area contributed by atoms with Crippen molar-refractivity contribution in [3.05, 3.63) is 90.1 Å². The third-order valence-electron chi connectivity index (χ3n) is 4.21. The van der Waals surface area contributed by atoms with E-state index in [-0.39, 0.29) is 12.5 Å². The van der Waals surface area contributed by atoms with Gasteiger partial charge in [-0.15, -0.1) is 10.2 Å². The minimum atomic E-state index is -0.270. The lowest BCUT2D eigenvalue weighted by Crippen LogP contribution is -2.13. The summed E-state index contributed by atoms with van der Waals surface area (Å²) in [5, 5.41) is 10.9. The van der Waals surface area contributed by atoms with Crippen molar-refractivity contribution in [2.75, 3.05) is 5.32 Å². The Labute approximate surface area is 167 Å². The molecule has 0 aliphatic carbocycles. The van der Waals surface area contributed by atoms with Crippen molar-refractivity contribution in [2.45, 2.75) is 13.5 Å². The quantitative estimate of drug-likeness (QED) is 0.532. The third kappa shape index (κ3) is 4.47. The lowest BCUT2D eigenvalue weighted by molar-refractivity contribution is 0.102. The van der Waals surface area contributed by atoms with Crippen molar-refractivity contribution in [3.63, 3.8) is 0 Å². The molecule has 2 aromatic carbocycles. The highest BCUT2D eigenvalue weighted by Gasteiger charge is 2.11. The van der Waals surface area contributed by atoms with Crippen LogP contribution in [0.2, 0.25) is 0 Å². The number of aromatic nitrogens is 3. The third-order valence-corrected chi connectivity index (χ3v) is 4.21. The Hall–Kier alpha value is -4.00. The van der Waals surface area contributed by atoms with E-state index in [1.807, 2.05) is 31.2 Å². The molecule has 144 valence electrons. The standard InChI is InChI=1S/C22H18N4O3/c1-15-6-2-3-7-18(15)22-26-25-20(29-22)14-28-17-11-9-16(10-12-17)24-21(27)19-8-4-5-13-23-19/h2-13H,14H2,1H3,(H,24,27). The van der Waals surface area contributed by atoms with Crippen molar-refractivity contribution in [3.8, 4) is 17.2 Å². The number of carbonyl (C=O) groups excluding carboxylic acids is 1. The number of benzene rings is 2. The molecule has 0 aliphatic rings. The van der Waals surface area contributed by atoms with Gasteiger partial charge < -0.3 is 14.5 Å². The summed E-state index contributed by atoms with van der Waals surface area (Å²) < 4.78 is 11.4. The molecule has 29 heavy (non-hydrogen) atoms. The predicted molar refractivity (Wildman–Crippen MR) is 107 cm³/mol. The zero-order valence-electron chi connectivity index (χ0n) is 15.7. The lowest BCUT2D eigenvalue weighted by atomic mass is 10.1. The molecule has 0 radical (unpaired) electrons. The Morgan fingerprint density at radius 1 is 1.00 bits per heavy atom. The summed E-state index contributed by atoms with van der Waals surface area (Å²) in [6.45, 7) is 2.14. The van der Waals surface area contributed by atoms with Gasteiger partial charge in [0.05, 0.1) is 0 Å². The van der Waals surface area contributed by atoms with Gasteiger partial charge in [0.15, 0.2) is 6.61 Å². The summed E-state index contributed by atoms with van der Waals surface area (Å²) in [5.74, 6) is 1.20. The first-order valence-corrected chi connectivity index (χ1v) is 9.03. The first kappa shape index (κ1) is 18.4. The Balaban J connectivity index is 1.35. The monoisotopic (exact) mass is 386 g/mol. The Morgan fingerprint density at radius 2 is 1.79 bits per heavy atom. The second kappa shape index (κ2) is 8.35. The average Bonchev–Trinajstić information content (AvgIpc) is 3.23. The van der Waals surface area contributed by atoms with E-state index >= 15 is 0 Å². The second-order valence-electron chi connectivity index (χ2n) is 6.30. The van der Waals surface area contributed by atoms with E-state index < -0.39 is 0 Å². The average molecular weight is 386 g/mol. The fourth-order valence-electron chi connectivity index (χ4n) is 2.71. The van der Waals surface area contributed by atoms with Crippen molar-refractivity contribution >= 4 is 11.6 Å². The van der Waals surface area contributed by atoms with Gasteiger partial charge in [-0.3, -0.25) is 9.78 Å². The van der Waals surface area contributed by atoms with E-state index in [4.69, 9.17) is 9.15 Å². The molecule has 1 N–H and O–H groups in total. The minimum absolute atomic E-state index is 0.151. The van der Waals surface area contributed by atoms with Gasteiger partial charge in [-0.25, -0.2) is 0 Å². The molecule has 0 atom stereocenters. The highest BCUT2D eigenvalue weighted by Crippen LogP contribution is 2.22. The Morgan fingerprint density at radius 3 is 2.55 bits per heavy atom. The molecule has 2 aromatic heterocycles. The summed E-state index contributed by atoms with van der Waals surface area (Å²) in [6.07, 6.45) is 1.58. The number of carbonyl (C=O) groups is 1. The molecule has 2 heterocycles. The number of hydrogen-bond donors (Lipinski definition) is 1. The van der Waals surface area contributed by atoms with Crippen molar-refractivity contribution in [2.24, 2.45) is 0 Å². The van der Waals surface area contributed by atoms with Crippen LogP contribution in [0.1, 0.15) is 21.9 Å². The topological polar surface area (TPSA) is 90.1 Å². The second-order valence-corrected chi connectivity index (χ2v) is 6.30. The smallest absolute Gasteiger partial charge is 0.274 e. The number of nitrogens with one attached hydrogen (secondary N) is 1. The first-order chi connectivity index (χ1) is 14.2. The molecule has 1 amide bonds. The molecule has 7 heteroatoms. The van der Waals surface area contributed by atoms with E-state index in [1.54, 1.807) is 48.7 Å². The summed E-state index contributed by atoms with van der Waals surface area (Å²) in [7, 11) is 0. The molecule has 0 saturated heterocycles. The number of aryl methyl sites for hydroxylation is 1. The SMILES string of the molecule is Cc1ccccc1-c1nnc(COc2ccc(NC(=O)c3ccccn3)cc2)o1. The molecule has 0 aliphatic heterocycles. The maximum Gasteiger partial charge on any atom is 0.274 e. The Kier molecular flexibility index (Phi) is 5.29. The van der Waals surface area contributed by atoms with Crippen LogP contribution in [-0.4, -0.2) is 21.1 Å². The van der Waals surface area contributed by atoms with Gasteiger partial charge in [0.2, 0.25) is 5.89 Å². The first-order valence-electron chi connectivity index (χ1n) is 9.03. The summed E-state index contributed by atoms with van der Waals surface area (Å²) in [6, 6.07) is 20.0. The maximum absolute atomic E-state index is 12.1. The molecular weight excluding hydrogens is 368 g/mol. The van der Waals surface area contributed by atoms with Crippen molar-refractivity contribution in [1.29, 1.82) is 0 Å². The predicted octanol–water partition coefficient (Wildman–Crippen LogP) is 4.27.